The Labute approximate surface area is 208 Å². The molecular formula is C26H31FN4O5. The van der Waals surface area contributed by atoms with Crippen LogP contribution in [0.15, 0.2) is 41.2 Å². The van der Waals surface area contributed by atoms with Gasteiger partial charge in [-0.05, 0) is 30.7 Å². The number of benzene rings is 2. The van der Waals surface area contributed by atoms with Gasteiger partial charge in [-0.2, -0.15) is 0 Å². The number of amides is 1. The van der Waals surface area contributed by atoms with E-state index < -0.39 is 22.8 Å². The number of primary amides is 1. The van der Waals surface area contributed by atoms with Crippen molar-refractivity contribution in [2.45, 2.75) is 20.4 Å². The molecule has 36 heavy (non-hydrogen) atoms. The Balaban J connectivity index is 0.00000115. The van der Waals surface area contributed by atoms with Gasteiger partial charge in [0.05, 0.1) is 11.2 Å². The number of nitrogens with two attached hydrogens (primary N) is 1. The van der Waals surface area contributed by atoms with Crippen molar-refractivity contribution in [1.82, 2.24) is 9.47 Å². The quantitative estimate of drug-likeness (QED) is 0.461. The third-order valence-electron chi connectivity index (χ3n) is 6.16. The van der Waals surface area contributed by atoms with Crippen molar-refractivity contribution in [2.24, 2.45) is 11.7 Å². The summed E-state index contributed by atoms with van der Waals surface area (Å²) in [6.45, 7) is 6.92. The van der Waals surface area contributed by atoms with E-state index in [4.69, 9.17) is 15.6 Å². The number of fused-ring (bicyclic) bond motifs is 1. The molecule has 0 bridgehead atoms. The van der Waals surface area contributed by atoms with Crippen molar-refractivity contribution in [1.29, 1.82) is 0 Å². The van der Waals surface area contributed by atoms with Gasteiger partial charge in [-0.3, -0.25) is 14.4 Å². The second-order valence-electron chi connectivity index (χ2n) is 9.13. The number of aromatic hydroxyl groups is 1. The van der Waals surface area contributed by atoms with Gasteiger partial charge in [0, 0.05) is 43.7 Å². The van der Waals surface area contributed by atoms with E-state index in [0.717, 1.165) is 13.1 Å². The Bertz CT molecular complexity index is 1330. The van der Waals surface area contributed by atoms with E-state index in [2.05, 4.69) is 4.90 Å². The smallest absolute Gasteiger partial charge is 0.290 e. The van der Waals surface area contributed by atoms with Gasteiger partial charge in [0.15, 0.2) is 0 Å². The number of carbonyl (C=O) groups excluding carboxylic acids is 1. The number of hydrogen-bond acceptors (Lipinski definition) is 6. The van der Waals surface area contributed by atoms with Gasteiger partial charge in [0.2, 0.25) is 0 Å². The molecule has 1 aromatic heterocycles. The van der Waals surface area contributed by atoms with Crippen molar-refractivity contribution >= 4 is 29.0 Å². The van der Waals surface area contributed by atoms with Gasteiger partial charge in [-0.15, -0.1) is 0 Å². The molecular weight excluding hydrogens is 467 g/mol. The highest BCUT2D eigenvalue weighted by molar-refractivity contribution is 6.07. The highest BCUT2D eigenvalue weighted by atomic mass is 19.1. The molecule has 2 aromatic carbocycles. The molecule has 0 saturated carbocycles. The summed E-state index contributed by atoms with van der Waals surface area (Å²) < 4.78 is 16.7. The van der Waals surface area contributed by atoms with Gasteiger partial charge >= 0.3 is 0 Å². The number of rotatable bonds is 5. The minimum absolute atomic E-state index is 0.106. The molecule has 3 aromatic rings. The third kappa shape index (κ3) is 5.18. The Kier molecular flexibility index (Phi) is 8.31. The number of halogens is 1. The highest BCUT2D eigenvalue weighted by Gasteiger charge is 2.26. The zero-order valence-electron chi connectivity index (χ0n) is 20.6. The summed E-state index contributed by atoms with van der Waals surface area (Å²) in [4.78, 5) is 37.7. The number of carbonyl (C=O) groups is 2. The summed E-state index contributed by atoms with van der Waals surface area (Å²) >= 11 is 0. The van der Waals surface area contributed by atoms with Gasteiger partial charge in [-0.1, -0.05) is 38.1 Å². The van der Waals surface area contributed by atoms with E-state index in [1.54, 1.807) is 30.3 Å². The van der Waals surface area contributed by atoms with Crippen molar-refractivity contribution in [2.75, 3.05) is 38.1 Å². The average Bonchev–Trinajstić information content (AvgIpc) is 2.82. The van der Waals surface area contributed by atoms with Crippen LogP contribution >= 0.6 is 0 Å². The number of aromatic nitrogens is 1. The number of anilines is 1. The Morgan fingerprint density at radius 1 is 1.11 bits per heavy atom. The van der Waals surface area contributed by atoms with Gasteiger partial charge in [-0.25, -0.2) is 4.39 Å². The van der Waals surface area contributed by atoms with Gasteiger partial charge in [0.1, 0.15) is 17.1 Å². The number of piperazine rings is 1. The molecule has 0 radical (unpaired) electrons. The average molecular weight is 499 g/mol. The van der Waals surface area contributed by atoms with Crippen LogP contribution in [0.3, 0.4) is 0 Å². The van der Waals surface area contributed by atoms with Gasteiger partial charge in [0.25, 0.3) is 17.9 Å². The normalized spacial score (nSPS) is 14.0. The van der Waals surface area contributed by atoms with E-state index in [0.29, 0.717) is 47.4 Å². The predicted octanol–water partition coefficient (Wildman–Crippen LogP) is 2.72. The fraction of sp³-hybridized carbons (Fsp3) is 0.346. The van der Waals surface area contributed by atoms with Crippen LogP contribution in [0.25, 0.3) is 22.0 Å². The number of nitrogens with zero attached hydrogens (tertiary/aromatic N) is 3. The van der Waals surface area contributed by atoms with Crippen molar-refractivity contribution < 1.29 is 24.2 Å². The van der Waals surface area contributed by atoms with E-state index >= 15 is 4.39 Å². The van der Waals surface area contributed by atoms with Crippen molar-refractivity contribution in [3.05, 3.63) is 58.1 Å². The molecule has 192 valence electrons. The van der Waals surface area contributed by atoms with E-state index in [1.807, 2.05) is 25.8 Å². The fourth-order valence-electron chi connectivity index (χ4n) is 4.56. The molecule has 0 atom stereocenters. The number of hydrogen-bond donors (Lipinski definition) is 3. The minimum Gasteiger partial charge on any atom is -0.506 e. The van der Waals surface area contributed by atoms with E-state index in [9.17, 15) is 14.7 Å². The summed E-state index contributed by atoms with van der Waals surface area (Å²) in [5, 5.41) is 18.3. The van der Waals surface area contributed by atoms with Crippen LogP contribution in [0.1, 0.15) is 24.2 Å². The molecule has 1 fully saturated rings. The first kappa shape index (κ1) is 26.7. The molecule has 2 heterocycles. The largest absolute Gasteiger partial charge is 0.506 e. The maximum atomic E-state index is 15.2. The van der Waals surface area contributed by atoms with Crippen molar-refractivity contribution in [3.63, 3.8) is 0 Å². The molecule has 1 aliphatic rings. The second kappa shape index (κ2) is 11.2. The molecule has 4 N–H and O–H groups in total. The standard InChI is InChI=1S/C25H29FN4O3.CH2O2/c1-15(2)14-30-19-9-5-6-16(20(19)23(31)21(24(27)32)25(30)33)17-7-4-8-18(26)22(17)29-12-10-28(3)11-13-29;2-1-3/h4-9,15,31H,10-14H2,1-3H3,(H2,27,32);1H,(H,2,3). The van der Waals surface area contributed by atoms with E-state index in [1.165, 1.54) is 10.6 Å². The molecule has 1 saturated heterocycles. The summed E-state index contributed by atoms with van der Waals surface area (Å²) in [6, 6.07) is 10.1. The second-order valence-corrected chi connectivity index (χ2v) is 9.13. The lowest BCUT2D eigenvalue weighted by Gasteiger charge is -2.35. The maximum Gasteiger partial charge on any atom is 0.290 e. The molecule has 9 nitrogen and oxygen atoms in total. The Morgan fingerprint density at radius 2 is 1.69 bits per heavy atom. The summed E-state index contributed by atoms with van der Waals surface area (Å²) in [5.74, 6) is -1.72. The van der Waals surface area contributed by atoms with Crippen LogP contribution in [0.2, 0.25) is 0 Å². The maximum absolute atomic E-state index is 15.2. The summed E-state index contributed by atoms with van der Waals surface area (Å²) in [6.07, 6.45) is 0. The van der Waals surface area contributed by atoms with E-state index in [-0.39, 0.29) is 18.2 Å². The number of pyridine rings is 1. The topological polar surface area (TPSA) is 129 Å². The lowest BCUT2D eigenvalue weighted by molar-refractivity contribution is -0.122. The van der Waals surface area contributed by atoms with Gasteiger partial charge < -0.3 is 30.3 Å². The molecule has 0 aliphatic carbocycles. The van der Waals surface area contributed by atoms with Crippen molar-refractivity contribution in [3.8, 4) is 16.9 Å². The van der Waals surface area contributed by atoms with Crippen LogP contribution in [0.4, 0.5) is 10.1 Å². The predicted molar refractivity (Wildman–Crippen MR) is 137 cm³/mol. The fourth-order valence-corrected chi connectivity index (χ4v) is 4.56. The van der Waals surface area contributed by atoms with Crippen LogP contribution in [0.5, 0.6) is 5.75 Å². The van der Waals surface area contributed by atoms with Crippen LogP contribution < -0.4 is 16.2 Å². The van der Waals surface area contributed by atoms with Crippen LogP contribution in [0, 0.1) is 11.7 Å². The molecule has 4 rings (SSSR count). The lowest BCUT2D eigenvalue weighted by Crippen LogP contribution is -2.45. The minimum atomic E-state index is -0.995. The first-order valence-corrected chi connectivity index (χ1v) is 11.6. The molecule has 10 heteroatoms. The number of likely N-dealkylation sites (N-methyl/N-ethyl adjacent to an activating group) is 1. The Morgan fingerprint density at radius 3 is 2.28 bits per heavy atom. The highest BCUT2D eigenvalue weighted by Crippen LogP contribution is 2.41. The molecule has 0 unspecified atom stereocenters. The number of carboxylic acid groups (broad SMARTS) is 1. The zero-order chi connectivity index (χ0) is 26.6. The Hall–Kier alpha value is -3.92. The molecule has 0 spiro atoms. The number of para-hydroxylation sites is 1. The molecule has 1 aliphatic heterocycles. The first-order valence-electron chi connectivity index (χ1n) is 11.6. The van der Waals surface area contributed by atoms with Crippen LogP contribution in [-0.4, -0.2) is 65.3 Å². The summed E-state index contributed by atoms with van der Waals surface area (Å²) in [5.41, 5.74) is 6.46. The van der Waals surface area contributed by atoms with Crippen LogP contribution in [-0.2, 0) is 11.3 Å². The molecule has 1 amide bonds. The SMILES string of the molecule is CC(C)Cn1c(=O)c(C(N)=O)c(O)c2c(-c3cccc(F)c3N3CCN(C)CC3)cccc21.O=CO. The first-order chi connectivity index (χ1) is 17.1. The zero-order valence-corrected chi connectivity index (χ0v) is 20.6. The summed E-state index contributed by atoms with van der Waals surface area (Å²) in [7, 11) is 2.03. The monoisotopic (exact) mass is 498 g/mol. The third-order valence-corrected chi connectivity index (χ3v) is 6.16. The lowest BCUT2D eigenvalue weighted by atomic mass is 9.95.